The quantitative estimate of drug-likeness (QED) is 0.679. The fourth-order valence-electron chi connectivity index (χ4n) is 0.893. The van der Waals surface area contributed by atoms with E-state index in [0.29, 0.717) is 6.42 Å². The molecule has 4 nitrogen and oxygen atoms in total. The van der Waals surface area contributed by atoms with E-state index in [-0.39, 0.29) is 0 Å². The molecule has 0 aliphatic carbocycles. The minimum atomic E-state index is 0.597. The van der Waals surface area contributed by atoms with Crippen molar-refractivity contribution in [3.8, 4) is 6.07 Å². The van der Waals surface area contributed by atoms with Gasteiger partial charge < -0.3 is 5.32 Å². The Balaban J connectivity index is 2.21. The first kappa shape index (κ1) is 8.60. The van der Waals surface area contributed by atoms with Crippen LogP contribution in [-0.4, -0.2) is 16.3 Å². The molecule has 1 rings (SSSR count). The minimum absolute atomic E-state index is 0.597. The van der Waals surface area contributed by atoms with Crippen LogP contribution in [0, 0.1) is 11.3 Å². The molecular formula is C8H12N4. The zero-order valence-corrected chi connectivity index (χ0v) is 7.12. The summed E-state index contributed by atoms with van der Waals surface area (Å²) in [5.41, 5.74) is 0. The number of nitrogens with zero attached hydrogens (tertiary/aromatic N) is 3. The number of rotatable bonds is 4. The highest BCUT2D eigenvalue weighted by Crippen LogP contribution is 2.00. The molecule has 0 aliphatic rings. The van der Waals surface area contributed by atoms with Gasteiger partial charge in [-0.1, -0.05) is 0 Å². The molecule has 0 aromatic carbocycles. The molecule has 1 N–H and O–H groups in total. The van der Waals surface area contributed by atoms with E-state index in [9.17, 15) is 0 Å². The van der Waals surface area contributed by atoms with E-state index in [1.165, 1.54) is 0 Å². The van der Waals surface area contributed by atoms with Gasteiger partial charge in [-0.3, -0.25) is 4.68 Å². The monoisotopic (exact) mass is 164 g/mol. The zero-order chi connectivity index (χ0) is 8.81. The summed E-state index contributed by atoms with van der Waals surface area (Å²) in [6, 6.07) is 4.00. The molecule has 0 saturated carbocycles. The number of anilines is 1. The lowest BCUT2D eigenvalue weighted by molar-refractivity contribution is 0.766. The number of hydrogen-bond acceptors (Lipinski definition) is 3. The predicted molar refractivity (Wildman–Crippen MR) is 46.5 cm³/mol. The first-order valence-electron chi connectivity index (χ1n) is 3.93. The molecule has 0 radical (unpaired) electrons. The molecule has 4 heteroatoms. The van der Waals surface area contributed by atoms with Crippen LogP contribution in [0.1, 0.15) is 12.8 Å². The number of hydrogen-bond donors (Lipinski definition) is 1. The highest BCUT2D eigenvalue weighted by atomic mass is 15.3. The van der Waals surface area contributed by atoms with Crippen LogP contribution < -0.4 is 5.32 Å². The highest BCUT2D eigenvalue weighted by molar-refractivity contribution is 5.31. The molecule has 0 spiro atoms. The largest absolute Gasteiger partial charge is 0.369 e. The maximum atomic E-state index is 8.27. The second-order valence-electron chi connectivity index (χ2n) is 2.56. The summed E-state index contributed by atoms with van der Waals surface area (Å²) in [6.45, 7) is 0.810. The van der Waals surface area contributed by atoms with Crippen LogP contribution in [-0.2, 0) is 7.05 Å². The first-order valence-corrected chi connectivity index (χ1v) is 3.93. The predicted octanol–water partition coefficient (Wildman–Crippen LogP) is 1.14. The van der Waals surface area contributed by atoms with Gasteiger partial charge in [-0.05, 0) is 6.42 Å². The molecule has 0 unspecified atom stereocenters. The summed E-state index contributed by atoms with van der Waals surface area (Å²) in [5, 5.41) is 15.5. The molecule has 64 valence electrons. The molecule has 1 heterocycles. The molecule has 1 aromatic heterocycles. The third-order valence-corrected chi connectivity index (χ3v) is 1.49. The fourth-order valence-corrected chi connectivity index (χ4v) is 0.893. The van der Waals surface area contributed by atoms with Crippen LogP contribution in [0.2, 0.25) is 0 Å². The van der Waals surface area contributed by atoms with Crippen molar-refractivity contribution in [1.82, 2.24) is 9.78 Å². The number of nitriles is 1. The Morgan fingerprint density at radius 3 is 3.17 bits per heavy atom. The Labute approximate surface area is 71.8 Å². The van der Waals surface area contributed by atoms with Gasteiger partial charge in [0.05, 0.1) is 6.07 Å². The van der Waals surface area contributed by atoms with Crippen molar-refractivity contribution in [2.24, 2.45) is 7.05 Å². The van der Waals surface area contributed by atoms with Gasteiger partial charge in [0.2, 0.25) is 0 Å². The summed E-state index contributed by atoms with van der Waals surface area (Å²) < 4.78 is 1.74. The Morgan fingerprint density at radius 2 is 2.58 bits per heavy atom. The van der Waals surface area contributed by atoms with E-state index in [1.54, 1.807) is 4.68 Å². The van der Waals surface area contributed by atoms with E-state index in [2.05, 4.69) is 16.5 Å². The number of nitrogens with one attached hydrogen (secondary N) is 1. The molecule has 0 atom stereocenters. The van der Waals surface area contributed by atoms with E-state index < -0.39 is 0 Å². The maximum Gasteiger partial charge on any atom is 0.147 e. The van der Waals surface area contributed by atoms with Gasteiger partial charge in [-0.15, -0.1) is 0 Å². The van der Waals surface area contributed by atoms with Gasteiger partial charge in [0.25, 0.3) is 0 Å². The van der Waals surface area contributed by atoms with Gasteiger partial charge in [0, 0.05) is 32.3 Å². The SMILES string of the molecule is Cn1ccc(NCCCC#N)n1. The van der Waals surface area contributed by atoms with E-state index in [0.717, 1.165) is 18.8 Å². The summed E-state index contributed by atoms with van der Waals surface area (Å²) >= 11 is 0. The normalized spacial score (nSPS) is 9.33. The second kappa shape index (κ2) is 4.39. The van der Waals surface area contributed by atoms with Crippen LogP contribution in [0.3, 0.4) is 0 Å². The Kier molecular flexibility index (Phi) is 3.15. The third kappa shape index (κ3) is 2.62. The van der Waals surface area contributed by atoms with Gasteiger partial charge in [-0.2, -0.15) is 10.4 Å². The van der Waals surface area contributed by atoms with Crippen molar-refractivity contribution >= 4 is 5.82 Å². The lowest BCUT2D eigenvalue weighted by Crippen LogP contribution is -2.02. The Bertz CT molecular complexity index is 271. The van der Waals surface area contributed by atoms with Crippen molar-refractivity contribution in [3.05, 3.63) is 12.3 Å². The van der Waals surface area contributed by atoms with Crippen LogP contribution in [0.25, 0.3) is 0 Å². The zero-order valence-electron chi connectivity index (χ0n) is 7.12. The molecular weight excluding hydrogens is 152 g/mol. The third-order valence-electron chi connectivity index (χ3n) is 1.49. The standard InChI is InChI=1S/C8H12N4/c1-12-7-4-8(11-12)10-6-3-2-5-9/h4,7H,2-3,6H2,1H3,(H,10,11). The number of aryl methyl sites for hydroxylation is 1. The van der Waals surface area contributed by atoms with Gasteiger partial charge in [0.1, 0.15) is 5.82 Å². The smallest absolute Gasteiger partial charge is 0.147 e. The molecule has 1 aromatic rings. The van der Waals surface area contributed by atoms with Crippen LogP contribution >= 0.6 is 0 Å². The van der Waals surface area contributed by atoms with Crippen LogP contribution in [0.4, 0.5) is 5.82 Å². The second-order valence-corrected chi connectivity index (χ2v) is 2.56. The molecule has 12 heavy (non-hydrogen) atoms. The highest BCUT2D eigenvalue weighted by Gasteiger charge is 1.93. The summed E-state index contributed by atoms with van der Waals surface area (Å²) in [7, 11) is 1.88. The van der Waals surface area contributed by atoms with Gasteiger partial charge >= 0.3 is 0 Å². The molecule has 0 fully saturated rings. The van der Waals surface area contributed by atoms with Gasteiger partial charge in [0.15, 0.2) is 0 Å². The van der Waals surface area contributed by atoms with Crippen molar-refractivity contribution in [3.63, 3.8) is 0 Å². The number of unbranched alkanes of at least 4 members (excludes halogenated alkanes) is 1. The van der Waals surface area contributed by atoms with Crippen LogP contribution in [0.5, 0.6) is 0 Å². The topological polar surface area (TPSA) is 53.6 Å². The molecule has 0 aliphatic heterocycles. The van der Waals surface area contributed by atoms with E-state index >= 15 is 0 Å². The lowest BCUT2D eigenvalue weighted by Gasteiger charge is -1.98. The number of aromatic nitrogens is 2. The summed E-state index contributed by atoms with van der Waals surface area (Å²) in [5.74, 6) is 0.871. The molecule has 0 bridgehead atoms. The van der Waals surface area contributed by atoms with Crippen molar-refractivity contribution < 1.29 is 0 Å². The van der Waals surface area contributed by atoms with Crippen molar-refractivity contribution in [2.45, 2.75) is 12.8 Å². The van der Waals surface area contributed by atoms with Crippen LogP contribution in [0.15, 0.2) is 12.3 Å². The van der Waals surface area contributed by atoms with Crippen molar-refractivity contribution in [2.75, 3.05) is 11.9 Å². The summed E-state index contributed by atoms with van der Waals surface area (Å²) in [4.78, 5) is 0. The van der Waals surface area contributed by atoms with E-state index in [1.807, 2.05) is 19.3 Å². The maximum absolute atomic E-state index is 8.27. The Morgan fingerprint density at radius 1 is 1.75 bits per heavy atom. The van der Waals surface area contributed by atoms with Gasteiger partial charge in [-0.25, -0.2) is 0 Å². The van der Waals surface area contributed by atoms with Crippen molar-refractivity contribution in [1.29, 1.82) is 5.26 Å². The first-order chi connectivity index (χ1) is 5.83. The minimum Gasteiger partial charge on any atom is -0.369 e. The average Bonchev–Trinajstić information content (AvgIpc) is 2.45. The average molecular weight is 164 g/mol. The Hall–Kier alpha value is -1.50. The lowest BCUT2D eigenvalue weighted by atomic mass is 10.3. The molecule has 0 saturated heterocycles. The summed E-state index contributed by atoms with van der Waals surface area (Å²) in [6.07, 6.45) is 3.35. The molecule has 0 amide bonds. The fraction of sp³-hybridized carbons (Fsp3) is 0.500. The van der Waals surface area contributed by atoms with E-state index in [4.69, 9.17) is 5.26 Å².